The average Bonchev–Trinajstić information content (AvgIpc) is 3.10. The second-order valence-electron chi connectivity index (χ2n) is 6.59. The van der Waals surface area contributed by atoms with Crippen LogP contribution in [-0.2, 0) is 17.8 Å². The molecule has 1 amide bonds. The first kappa shape index (κ1) is 17.5. The Bertz CT molecular complexity index is 659. The maximum absolute atomic E-state index is 12.9. The molecule has 0 unspecified atom stereocenters. The Hall–Kier alpha value is -2.28. The SMILES string of the molecule is O=C(CN1CCC[C@H](Cn2cncn2)C1)NCCc1ccc(F)cc1. The fourth-order valence-corrected chi connectivity index (χ4v) is 3.29. The molecule has 0 aliphatic carbocycles. The van der Waals surface area contributed by atoms with Crippen LogP contribution in [0.4, 0.5) is 4.39 Å². The molecule has 0 radical (unpaired) electrons. The summed E-state index contributed by atoms with van der Waals surface area (Å²) in [5.41, 5.74) is 1.02. The van der Waals surface area contributed by atoms with Gasteiger partial charge in [-0.1, -0.05) is 12.1 Å². The third-order valence-corrected chi connectivity index (χ3v) is 4.53. The number of amides is 1. The minimum absolute atomic E-state index is 0.0449. The third-order valence-electron chi connectivity index (χ3n) is 4.53. The van der Waals surface area contributed by atoms with Crippen molar-refractivity contribution in [1.29, 1.82) is 0 Å². The Morgan fingerprint density at radius 1 is 1.32 bits per heavy atom. The molecule has 1 fully saturated rings. The van der Waals surface area contributed by atoms with Gasteiger partial charge < -0.3 is 5.32 Å². The molecule has 1 aromatic carbocycles. The van der Waals surface area contributed by atoms with Crippen LogP contribution >= 0.6 is 0 Å². The van der Waals surface area contributed by atoms with Crippen molar-refractivity contribution in [1.82, 2.24) is 25.0 Å². The monoisotopic (exact) mass is 345 g/mol. The lowest BCUT2D eigenvalue weighted by Crippen LogP contribution is -2.43. The molecule has 25 heavy (non-hydrogen) atoms. The smallest absolute Gasteiger partial charge is 0.234 e. The Morgan fingerprint density at radius 3 is 2.92 bits per heavy atom. The van der Waals surface area contributed by atoms with E-state index in [-0.39, 0.29) is 11.7 Å². The fourth-order valence-electron chi connectivity index (χ4n) is 3.29. The number of carbonyl (C=O) groups excluding carboxylic acids is 1. The van der Waals surface area contributed by atoms with Gasteiger partial charge in [0.2, 0.25) is 5.91 Å². The van der Waals surface area contributed by atoms with Crippen molar-refractivity contribution in [2.75, 3.05) is 26.2 Å². The number of rotatable bonds is 7. The summed E-state index contributed by atoms with van der Waals surface area (Å²) in [6.07, 6.45) is 6.25. The highest BCUT2D eigenvalue weighted by atomic mass is 19.1. The molecule has 2 aromatic rings. The standard InChI is InChI=1S/C18H24FN5O/c19-17-5-3-15(4-6-17)7-8-21-18(25)12-23-9-1-2-16(10-23)11-24-14-20-13-22-24/h3-6,13-14,16H,1-2,7-12H2,(H,21,25)/t16-/m0/s1. The quantitative estimate of drug-likeness (QED) is 0.826. The average molecular weight is 345 g/mol. The molecule has 2 heterocycles. The Morgan fingerprint density at radius 2 is 2.16 bits per heavy atom. The highest BCUT2D eigenvalue weighted by Crippen LogP contribution is 2.17. The molecule has 134 valence electrons. The number of nitrogens with one attached hydrogen (secondary N) is 1. The summed E-state index contributed by atoms with van der Waals surface area (Å²) in [7, 11) is 0. The van der Waals surface area contributed by atoms with Gasteiger partial charge in [-0.05, 0) is 49.4 Å². The molecule has 1 aliphatic heterocycles. The van der Waals surface area contributed by atoms with Gasteiger partial charge in [-0.3, -0.25) is 14.4 Å². The summed E-state index contributed by atoms with van der Waals surface area (Å²) in [5.74, 6) is 0.310. The van der Waals surface area contributed by atoms with E-state index in [0.717, 1.165) is 38.0 Å². The fraction of sp³-hybridized carbons (Fsp3) is 0.500. The van der Waals surface area contributed by atoms with Crippen molar-refractivity contribution in [3.05, 3.63) is 48.3 Å². The van der Waals surface area contributed by atoms with E-state index < -0.39 is 0 Å². The van der Waals surface area contributed by atoms with E-state index in [4.69, 9.17) is 0 Å². The Balaban J connectivity index is 1.37. The molecule has 1 N–H and O–H groups in total. The number of hydrogen-bond donors (Lipinski definition) is 1. The van der Waals surface area contributed by atoms with Gasteiger partial charge in [0.05, 0.1) is 6.54 Å². The molecule has 3 rings (SSSR count). The van der Waals surface area contributed by atoms with Gasteiger partial charge in [0.1, 0.15) is 18.5 Å². The predicted octanol–water partition coefficient (Wildman–Crippen LogP) is 1.49. The van der Waals surface area contributed by atoms with Crippen molar-refractivity contribution in [3.63, 3.8) is 0 Å². The number of nitrogens with zero attached hydrogens (tertiary/aromatic N) is 4. The molecule has 1 aliphatic rings. The highest BCUT2D eigenvalue weighted by molar-refractivity contribution is 5.78. The number of piperidine rings is 1. The number of halogens is 1. The summed E-state index contributed by atoms with van der Waals surface area (Å²) in [6, 6.07) is 6.39. The van der Waals surface area contributed by atoms with Crippen LogP contribution in [0.2, 0.25) is 0 Å². The topological polar surface area (TPSA) is 63.1 Å². The molecule has 0 spiro atoms. The normalized spacial score (nSPS) is 18.2. The molecule has 1 saturated heterocycles. The molecule has 1 atom stereocenters. The third kappa shape index (κ3) is 5.63. The second kappa shape index (κ2) is 8.71. The second-order valence-corrected chi connectivity index (χ2v) is 6.59. The van der Waals surface area contributed by atoms with Crippen LogP contribution < -0.4 is 5.32 Å². The number of carbonyl (C=O) groups is 1. The largest absolute Gasteiger partial charge is 0.355 e. The van der Waals surface area contributed by atoms with E-state index in [1.165, 1.54) is 12.1 Å². The van der Waals surface area contributed by atoms with Gasteiger partial charge in [-0.15, -0.1) is 0 Å². The molecule has 0 bridgehead atoms. The first-order valence-electron chi connectivity index (χ1n) is 8.75. The van der Waals surface area contributed by atoms with E-state index in [1.54, 1.807) is 24.8 Å². The number of likely N-dealkylation sites (tertiary alicyclic amines) is 1. The molecule has 0 saturated carbocycles. The van der Waals surface area contributed by atoms with Crippen LogP contribution in [0, 0.1) is 11.7 Å². The lowest BCUT2D eigenvalue weighted by atomic mass is 9.98. The molecular formula is C18H24FN5O. The number of aromatic nitrogens is 3. The summed E-state index contributed by atoms with van der Waals surface area (Å²) in [6.45, 7) is 3.71. The van der Waals surface area contributed by atoms with E-state index in [0.29, 0.717) is 25.4 Å². The summed E-state index contributed by atoms with van der Waals surface area (Å²) in [4.78, 5) is 18.3. The zero-order valence-electron chi connectivity index (χ0n) is 14.3. The first-order chi connectivity index (χ1) is 12.2. The highest BCUT2D eigenvalue weighted by Gasteiger charge is 2.22. The van der Waals surface area contributed by atoms with Gasteiger partial charge >= 0.3 is 0 Å². The zero-order chi connectivity index (χ0) is 17.5. The molecule has 1 aromatic heterocycles. The Kier molecular flexibility index (Phi) is 6.11. The van der Waals surface area contributed by atoms with Gasteiger partial charge in [0.15, 0.2) is 0 Å². The van der Waals surface area contributed by atoms with Crippen molar-refractivity contribution in [2.24, 2.45) is 5.92 Å². The van der Waals surface area contributed by atoms with Gasteiger partial charge in [0, 0.05) is 19.6 Å². The predicted molar refractivity (Wildman–Crippen MR) is 92.3 cm³/mol. The summed E-state index contributed by atoms with van der Waals surface area (Å²) >= 11 is 0. The van der Waals surface area contributed by atoms with Crippen LogP contribution in [0.5, 0.6) is 0 Å². The lowest BCUT2D eigenvalue weighted by molar-refractivity contribution is -0.122. The van der Waals surface area contributed by atoms with Crippen molar-refractivity contribution in [2.45, 2.75) is 25.8 Å². The van der Waals surface area contributed by atoms with E-state index >= 15 is 0 Å². The minimum atomic E-state index is -0.238. The van der Waals surface area contributed by atoms with E-state index in [9.17, 15) is 9.18 Å². The summed E-state index contributed by atoms with van der Waals surface area (Å²) in [5, 5.41) is 7.11. The zero-order valence-corrected chi connectivity index (χ0v) is 14.3. The van der Waals surface area contributed by atoms with Crippen LogP contribution in [0.1, 0.15) is 18.4 Å². The number of benzene rings is 1. The Labute approximate surface area is 147 Å². The van der Waals surface area contributed by atoms with Crippen LogP contribution in [-0.4, -0.2) is 51.8 Å². The van der Waals surface area contributed by atoms with Gasteiger partial charge in [0.25, 0.3) is 0 Å². The van der Waals surface area contributed by atoms with Crippen molar-refractivity contribution in [3.8, 4) is 0 Å². The van der Waals surface area contributed by atoms with Gasteiger partial charge in [-0.2, -0.15) is 5.10 Å². The van der Waals surface area contributed by atoms with Crippen LogP contribution in [0.25, 0.3) is 0 Å². The molecule has 6 nitrogen and oxygen atoms in total. The van der Waals surface area contributed by atoms with E-state index in [2.05, 4.69) is 20.3 Å². The lowest BCUT2D eigenvalue weighted by Gasteiger charge is -2.32. The first-order valence-corrected chi connectivity index (χ1v) is 8.75. The summed E-state index contributed by atoms with van der Waals surface area (Å²) < 4.78 is 14.7. The van der Waals surface area contributed by atoms with Crippen molar-refractivity contribution >= 4 is 5.91 Å². The van der Waals surface area contributed by atoms with Crippen LogP contribution in [0.3, 0.4) is 0 Å². The number of hydrogen-bond acceptors (Lipinski definition) is 4. The maximum atomic E-state index is 12.9. The maximum Gasteiger partial charge on any atom is 0.234 e. The minimum Gasteiger partial charge on any atom is -0.355 e. The van der Waals surface area contributed by atoms with Crippen molar-refractivity contribution < 1.29 is 9.18 Å². The van der Waals surface area contributed by atoms with Gasteiger partial charge in [-0.25, -0.2) is 9.37 Å². The van der Waals surface area contributed by atoms with E-state index in [1.807, 2.05) is 4.68 Å². The van der Waals surface area contributed by atoms with Crippen LogP contribution in [0.15, 0.2) is 36.9 Å². The molecular weight excluding hydrogens is 321 g/mol. The molecule has 7 heteroatoms.